The minimum absolute atomic E-state index is 0.0111. The zero-order valence-electron chi connectivity index (χ0n) is 13.0. The molecule has 0 fully saturated rings. The molecule has 0 bridgehead atoms. The molecule has 1 aromatic heterocycles. The van der Waals surface area contributed by atoms with Crippen molar-refractivity contribution in [2.24, 2.45) is 0 Å². The first-order valence-corrected chi connectivity index (χ1v) is 7.48. The summed E-state index contributed by atoms with van der Waals surface area (Å²) in [6.45, 7) is 0.0111. The molecule has 3 aromatic rings. The van der Waals surface area contributed by atoms with Crippen molar-refractivity contribution >= 4 is 17.3 Å². The minimum atomic E-state index is -0.532. The second-order valence-corrected chi connectivity index (χ2v) is 5.31. The van der Waals surface area contributed by atoms with Gasteiger partial charge in [0, 0.05) is 17.7 Å². The predicted octanol–water partition coefficient (Wildman–Crippen LogP) is 3.89. The Kier molecular flexibility index (Phi) is 4.80. The number of ether oxygens (including phenoxy) is 2. The van der Waals surface area contributed by atoms with E-state index in [0.717, 1.165) is 11.3 Å². The monoisotopic (exact) mass is 361 g/mol. The van der Waals surface area contributed by atoms with Gasteiger partial charge >= 0.3 is 0 Å². The molecule has 0 saturated heterocycles. The van der Waals surface area contributed by atoms with Crippen molar-refractivity contribution in [3.8, 4) is 23.0 Å². The minimum Gasteiger partial charge on any atom is -0.497 e. The predicted molar refractivity (Wildman–Crippen MR) is 88.7 cm³/mol. The van der Waals surface area contributed by atoms with Crippen LogP contribution in [0.5, 0.6) is 11.5 Å². The summed E-state index contributed by atoms with van der Waals surface area (Å²) < 4.78 is 15.8. The lowest BCUT2D eigenvalue weighted by Crippen LogP contribution is -1.98. The van der Waals surface area contributed by atoms with E-state index in [4.69, 9.17) is 25.6 Å². The van der Waals surface area contributed by atoms with Crippen LogP contribution in [-0.4, -0.2) is 22.2 Å². The fourth-order valence-electron chi connectivity index (χ4n) is 2.03. The van der Waals surface area contributed by atoms with Crippen LogP contribution in [0.2, 0.25) is 5.02 Å². The Hall–Kier alpha value is -3.13. The molecule has 9 heteroatoms. The molecular weight excluding hydrogens is 350 g/mol. The number of nitro groups is 1. The number of non-ortho nitro benzene ring substituents is 1. The van der Waals surface area contributed by atoms with Gasteiger partial charge < -0.3 is 14.0 Å². The van der Waals surface area contributed by atoms with Crippen LogP contribution in [0.1, 0.15) is 5.82 Å². The maximum Gasteiger partial charge on any atom is 0.271 e. The summed E-state index contributed by atoms with van der Waals surface area (Å²) >= 11 is 5.96. The van der Waals surface area contributed by atoms with Gasteiger partial charge in [-0.25, -0.2) is 0 Å². The second kappa shape index (κ2) is 7.18. The van der Waals surface area contributed by atoms with Crippen molar-refractivity contribution in [1.29, 1.82) is 0 Å². The number of rotatable bonds is 6. The third-order valence-electron chi connectivity index (χ3n) is 3.29. The molecule has 3 rings (SSSR count). The SMILES string of the molecule is COc1ccc(-c2nc(COc3ccc([N+](=O)[O-])cc3Cl)no2)cc1. The Balaban J connectivity index is 1.68. The normalized spacial score (nSPS) is 10.5. The van der Waals surface area contributed by atoms with Gasteiger partial charge in [-0.15, -0.1) is 0 Å². The highest BCUT2D eigenvalue weighted by atomic mass is 35.5. The zero-order chi connectivity index (χ0) is 17.8. The summed E-state index contributed by atoms with van der Waals surface area (Å²) in [6.07, 6.45) is 0. The van der Waals surface area contributed by atoms with Crippen molar-refractivity contribution in [2.45, 2.75) is 6.61 Å². The van der Waals surface area contributed by atoms with E-state index < -0.39 is 4.92 Å². The molecule has 25 heavy (non-hydrogen) atoms. The van der Waals surface area contributed by atoms with Crippen molar-refractivity contribution in [3.05, 3.63) is 63.4 Å². The Labute approximate surface area is 147 Å². The van der Waals surface area contributed by atoms with Crippen LogP contribution in [0.4, 0.5) is 5.69 Å². The molecule has 0 amide bonds. The first-order valence-electron chi connectivity index (χ1n) is 7.10. The third-order valence-corrected chi connectivity index (χ3v) is 3.58. The Morgan fingerprint density at radius 1 is 1.24 bits per heavy atom. The van der Waals surface area contributed by atoms with Crippen molar-refractivity contribution in [2.75, 3.05) is 7.11 Å². The Morgan fingerprint density at radius 2 is 2.00 bits per heavy atom. The molecule has 0 aliphatic heterocycles. The van der Waals surface area contributed by atoms with Crippen LogP contribution < -0.4 is 9.47 Å². The lowest BCUT2D eigenvalue weighted by Gasteiger charge is -2.04. The molecule has 2 aromatic carbocycles. The molecule has 128 valence electrons. The van der Waals surface area contributed by atoms with E-state index in [9.17, 15) is 10.1 Å². The van der Waals surface area contributed by atoms with E-state index in [1.54, 1.807) is 31.4 Å². The number of benzene rings is 2. The van der Waals surface area contributed by atoms with Gasteiger partial charge in [0.15, 0.2) is 6.61 Å². The number of nitro benzene ring substituents is 1. The fourth-order valence-corrected chi connectivity index (χ4v) is 2.26. The quantitative estimate of drug-likeness (QED) is 0.485. The lowest BCUT2D eigenvalue weighted by atomic mass is 10.2. The van der Waals surface area contributed by atoms with Gasteiger partial charge in [0.25, 0.3) is 11.6 Å². The number of hydrogen-bond donors (Lipinski definition) is 0. The van der Waals surface area contributed by atoms with Crippen LogP contribution in [0.15, 0.2) is 47.0 Å². The summed E-state index contributed by atoms with van der Waals surface area (Å²) in [5.74, 6) is 1.68. The fraction of sp³-hybridized carbons (Fsp3) is 0.125. The first-order chi connectivity index (χ1) is 12.1. The molecule has 1 heterocycles. The molecule has 0 N–H and O–H groups in total. The van der Waals surface area contributed by atoms with Gasteiger partial charge in [-0.1, -0.05) is 16.8 Å². The molecule has 0 saturated carbocycles. The first kappa shape index (κ1) is 16.7. The highest BCUT2D eigenvalue weighted by Crippen LogP contribution is 2.29. The summed E-state index contributed by atoms with van der Waals surface area (Å²) in [4.78, 5) is 14.4. The van der Waals surface area contributed by atoms with Crippen molar-refractivity contribution in [1.82, 2.24) is 10.1 Å². The smallest absolute Gasteiger partial charge is 0.271 e. The van der Waals surface area contributed by atoms with Crippen LogP contribution in [0.25, 0.3) is 11.5 Å². The summed E-state index contributed by atoms with van der Waals surface area (Å²) in [7, 11) is 1.58. The molecule has 0 aliphatic rings. The third kappa shape index (κ3) is 3.86. The van der Waals surface area contributed by atoms with E-state index in [-0.39, 0.29) is 17.3 Å². The number of halogens is 1. The molecule has 8 nitrogen and oxygen atoms in total. The zero-order valence-corrected chi connectivity index (χ0v) is 13.8. The van der Waals surface area contributed by atoms with E-state index in [2.05, 4.69) is 10.1 Å². The number of hydrogen-bond acceptors (Lipinski definition) is 7. The summed E-state index contributed by atoms with van der Waals surface area (Å²) in [5, 5.41) is 14.7. The van der Waals surface area contributed by atoms with Crippen LogP contribution in [-0.2, 0) is 6.61 Å². The van der Waals surface area contributed by atoms with Gasteiger partial charge in [-0.05, 0) is 30.3 Å². The number of aromatic nitrogens is 2. The second-order valence-electron chi connectivity index (χ2n) is 4.90. The van der Waals surface area contributed by atoms with Gasteiger partial charge in [-0.3, -0.25) is 10.1 Å². The average Bonchev–Trinajstić information content (AvgIpc) is 3.09. The average molecular weight is 362 g/mol. The maximum atomic E-state index is 10.7. The van der Waals surface area contributed by atoms with Crippen LogP contribution >= 0.6 is 11.6 Å². The maximum absolute atomic E-state index is 10.7. The van der Waals surface area contributed by atoms with Gasteiger partial charge in [0.2, 0.25) is 5.82 Å². The van der Waals surface area contributed by atoms with Gasteiger partial charge in [0.1, 0.15) is 11.5 Å². The molecule has 0 spiro atoms. The lowest BCUT2D eigenvalue weighted by molar-refractivity contribution is -0.384. The number of nitrogens with zero attached hydrogens (tertiary/aromatic N) is 3. The van der Waals surface area contributed by atoms with E-state index >= 15 is 0 Å². The Bertz CT molecular complexity index is 895. The summed E-state index contributed by atoms with van der Waals surface area (Å²) in [6, 6.07) is 11.1. The summed E-state index contributed by atoms with van der Waals surface area (Å²) in [5.41, 5.74) is 0.631. The largest absolute Gasteiger partial charge is 0.497 e. The standard InChI is InChI=1S/C16H12ClN3O5/c1-23-12-5-2-10(3-6-12)16-18-15(19-25-16)9-24-14-7-4-11(20(21)22)8-13(14)17/h2-8H,9H2,1H3. The Morgan fingerprint density at radius 3 is 2.64 bits per heavy atom. The highest BCUT2D eigenvalue weighted by molar-refractivity contribution is 6.32. The van der Waals surface area contributed by atoms with Gasteiger partial charge in [0.05, 0.1) is 17.1 Å². The van der Waals surface area contributed by atoms with Crippen LogP contribution in [0.3, 0.4) is 0 Å². The van der Waals surface area contributed by atoms with E-state index in [0.29, 0.717) is 17.5 Å². The van der Waals surface area contributed by atoms with E-state index in [1.165, 1.54) is 18.2 Å². The van der Waals surface area contributed by atoms with E-state index in [1.807, 2.05) is 0 Å². The molecular formula is C16H12ClN3O5. The highest BCUT2D eigenvalue weighted by Gasteiger charge is 2.13. The molecule has 0 atom stereocenters. The van der Waals surface area contributed by atoms with Crippen molar-refractivity contribution < 1.29 is 18.9 Å². The molecule has 0 aliphatic carbocycles. The van der Waals surface area contributed by atoms with Crippen molar-refractivity contribution in [3.63, 3.8) is 0 Å². The molecule has 0 radical (unpaired) electrons. The van der Waals surface area contributed by atoms with Gasteiger partial charge in [-0.2, -0.15) is 4.98 Å². The molecule has 0 unspecified atom stereocenters. The van der Waals surface area contributed by atoms with Crippen LogP contribution in [0, 0.1) is 10.1 Å². The topological polar surface area (TPSA) is 101 Å². The number of methoxy groups -OCH3 is 1.